The molecule has 1 aliphatic heterocycles. The summed E-state index contributed by atoms with van der Waals surface area (Å²) in [7, 11) is 1.62. The van der Waals surface area contributed by atoms with Crippen LogP contribution in [-0.4, -0.2) is 50.7 Å². The van der Waals surface area contributed by atoms with Crippen LogP contribution in [0.2, 0.25) is 0 Å². The molecule has 0 aromatic rings. The molecule has 1 N–H and O–H groups in total. The third-order valence-electron chi connectivity index (χ3n) is 3.02. The molecule has 0 aromatic heterocycles. The predicted molar refractivity (Wildman–Crippen MR) is 64.3 cm³/mol. The molecule has 5 nitrogen and oxygen atoms in total. The third-order valence-corrected chi connectivity index (χ3v) is 3.02. The Morgan fingerprint density at radius 3 is 3.18 bits per heavy atom. The van der Waals surface area contributed by atoms with E-state index in [2.05, 4.69) is 16.3 Å². The zero-order valence-electron chi connectivity index (χ0n) is 10.4. The fraction of sp³-hybridized carbons (Fsp3) is 0.833. The smallest absolute Gasteiger partial charge is 0.224 e. The van der Waals surface area contributed by atoms with Crippen LogP contribution in [0.3, 0.4) is 0 Å². The molecular formula is C12H21N3O2. The maximum Gasteiger partial charge on any atom is 0.224 e. The highest BCUT2D eigenvalue weighted by Gasteiger charge is 2.24. The Morgan fingerprint density at radius 1 is 1.65 bits per heavy atom. The Hall–Kier alpha value is -1.12. The second-order valence-electron chi connectivity index (χ2n) is 4.33. The number of piperidine rings is 1. The minimum atomic E-state index is 0.0688. The van der Waals surface area contributed by atoms with Crippen molar-refractivity contribution < 1.29 is 9.53 Å². The Bertz CT molecular complexity index is 275. The molecule has 1 amide bonds. The van der Waals surface area contributed by atoms with E-state index in [0.29, 0.717) is 19.6 Å². The Kier molecular flexibility index (Phi) is 6.60. The monoisotopic (exact) mass is 239 g/mol. The van der Waals surface area contributed by atoms with Crippen LogP contribution in [0, 0.1) is 17.2 Å². The van der Waals surface area contributed by atoms with E-state index in [1.54, 1.807) is 7.11 Å². The van der Waals surface area contributed by atoms with Crippen molar-refractivity contribution in [3.63, 3.8) is 0 Å². The summed E-state index contributed by atoms with van der Waals surface area (Å²) in [4.78, 5) is 14.0. The van der Waals surface area contributed by atoms with Gasteiger partial charge in [0.05, 0.1) is 18.6 Å². The van der Waals surface area contributed by atoms with Crippen molar-refractivity contribution >= 4 is 5.91 Å². The second kappa shape index (κ2) is 8.04. The molecule has 0 aromatic carbocycles. The van der Waals surface area contributed by atoms with Gasteiger partial charge in [-0.1, -0.05) is 0 Å². The van der Waals surface area contributed by atoms with Crippen molar-refractivity contribution in [3.8, 4) is 6.07 Å². The SMILES string of the molecule is COCCNC(=O)C1CCCN(CCC#N)C1. The van der Waals surface area contributed by atoms with Crippen molar-refractivity contribution in [1.29, 1.82) is 5.26 Å². The zero-order valence-corrected chi connectivity index (χ0v) is 10.4. The molecule has 0 aliphatic carbocycles. The van der Waals surface area contributed by atoms with Crippen molar-refractivity contribution in [2.75, 3.05) is 39.9 Å². The maximum atomic E-state index is 11.8. The highest BCUT2D eigenvalue weighted by Crippen LogP contribution is 2.16. The van der Waals surface area contributed by atoms with Gasteiger partial charge in [0.1, 0.15) is 0 Å². The van der Waals surface area contributed by atoms with Crippen LogP contribution in [0.15, 0.2) is 0 Å². The van der Waals surface area contributed by atoms with Gasteiger partial charge in [0, 0.05) is 33.2 Å². The van der Waals surface area contributed by atoms with Gasteiger partial charge >= 0.3 is 0 Å². The van der Waals surface area contributed by atoms with Gasteiger partial charge in [0.25, 0.3) is 0 Å². The van der Waals surface area contributed by atoms with Crippen LogP contribution in [0.25, 0.3) is 0 Å². The van der Waals surface area contributed by atoms with E-state index in [4.69, 9.17) is 10.00 Å². The van der Waals surface area contributed by atoms with E-state index < -0.39 is 0 Å². The Labute approximate surface area is 103 Å². The van der Waals surface area contributed by atoms with Gasteiger partial charge in [-0.05, 0) is 19.4 Å². The molecule has 1 aliphatic rings. The van der Waals surface area contributed by atoms with Gasteiger partial charge < -0.3 is 15.0 Å². The summed E-state index contributed by atoms with van der Waals surface area (Å²) in [6.07, 6.45) is 2.52. The first-order valence-corrected chi connectivity index (χ1v) is 6.14. The number of ether oxygens (including phenoxy) is 1. The van der Waals surface area contributed by atoms with E-state index in [9.17, 15) is 4.79 Å². The van der Waals surface area contributed by atoms with Gasteiger partial charge in [-0.2, -0.15) is 5.26 Å². The van der Waals surface area contributed by atoms with E-state index in [1.165, 1.54) is 0 Å². The van der Waals surface area contributed by atoms with Crippen LogP contribution in [0.1, 0.15) is 19.3 Å². The molecule has 1 saturated heterocycles. The third kappa shape index (κ3) is 5.16. The van der Waals surface area contributed by atoms with Crippen LogP contribution >= 0.6 is 0 Å². The lowest BCUT2D eigenvalue weighted by molar-refractivity contribution is -0.126. The first kappa shape index (κ1) is 13.9. The number of nitriles is 1. The average molecular weight is 239 g/mol. The number of likely N-dealkylation sites (tertiary alicyclic amines) is 1. The average Bonchev–Trinajstić information content (AvgIpc) is 2.37. The van der Waals surface area contributed by atoms with E-state index in [-0.39, 0.29) is 11.8 Å². The highest BCUT2D eigenvalue weighted by atomic mass is 16.5. The minimum absolute atomic E-state index is 0.0688. The topological polar surface area (TPSA) is 65.4 Å². The summed E-state index contributed by atoms with van der Waals surface area (Å²) >= 11 is 0. The van der Waals surface area contributed by atoms with Gasteiger partial charge in [-0.25, -0.2) is 0 Å². The summed E-state index contributed by atoms with van der Waals surface area (Å²) < 4.78 is 4.89. The van der Waals surface area contributed by atoms with Crippen LogP contribution in [-0.2, 0) is 9.53 Å². The number of hydrogen-bond acceptors (Lipinski definition) is 4. The first-order valence-electron chi connectivity index (χ1n) is 6.14. The highest BCUT2D eigenvalue weighted by molar-refractivity contribution is 5.78. The Balaban J connectivity index is 2.28. The van der Waals surface area contributed by atoms with Gasteiger partial charge in [-0.3, -0.25) is 4.79 Å². The number of nitrogens with one attached hydrogen (secondary N) is 1. The van der Waals surface area contributed by atoms with Crippen LogP contribution in [0.4, 0.5) is 0 Å². The molecule has 1 rings (SSSR count). The molecule has 0 bridgehead atoms. The van der Waals surface area contributed by atoms with E-state index in [1.807, 2.05) is 0 Å². The fourth-order valence-electron chi connectivity index (χ4n) is 2.10. The molecule has 1 atom stereocenters. The van der Waals surface area contributed by atoms with Gasteiger partial charge in [-0.15, -0.1) is 0 Å². The quantitative estimate of drug-likeness (QED) is 0.680. The predicted octanol–water partition coefficient (Wildman–Crippen LogP) is 0.375. The molecule has 1 heterocycles. The number of carbonyl (C=O) groups is 1. The first-order chi connectivity index (χ1) is 8.27. The maximum absolute atomic E-state index is 11.8. The van der Waals surface area contributed by atoms with Gasteiger partial charge in [0.15, 0.2) is 0 Å². The number of nitrogens with zero attached hydrogens (tertiary/aromatic N) is 2. The van der Waals surface area contributed by atoms with Crippen molar-refractivity contribution in [2.45, 2.75) is 19.3 Å². The number of hydrogen-bond donors (Lipinski definition) is 1. The summed E-state index contributed by atoms with van der Waals surface area (Å²) in [6, 6.07) is 2.14. The Morgan fingerprint density at radius 2 is 2.47 bits per heavy atom. The number of carbonyl (C=O) groups excluding carboxylic acids is 1. The molecule has 96 valence electrons. The molecule has 17 heavy (non-hydrogen) atoms. The summed E-state index contributed by atoms with van der Waals surface area (Å²) in [6.45, 7) is 3.68. The number of rotatable bonds is 6. The second-order valence-corrected chi connectivity index (χ2v) is 4.33. The summed E-state index contributed by atoms with van der Waals surface area (Å²) in [5, 5.41) is 11.4. The van der Waals surface area contributed by atoms with Gasteiger partial charge in [0.2, 0.25) is 5.91 Å². The fourth-order valence-corrected chi connectivity index (χ4v) is 2.10. The lowest BCUT2D eigenvalue weighted by Gasteiger charge is -2.31. The van der Waals surface area contributed by atoms with Crippen molar-refractivity contribution in [2.24, 2.45) is 5.92 Å². The van der Waals surface area contributed by atoms with Crippen LogP contribution in [0.5, 0.6) is 0 Å². The summed E-state index contributed by atoms with van der Waals surface area (Å²) in [5.74, 6) is 0.183. The lowest BCUT2D eigenvalue weighted by atomic mass is 9.97. The lowest BCUT2D eigenvalue weighted by Crippen LogP contribution is -2.43. The molecule has 0 radical (unpaired) electrons. The van der Waals surface area contributed by atoms with E-state index in [0.717, 1.165) is 32.5 Å². The molecule has 1 unspecified atom stereocenters. The largest absolute Gasteiger partial charge is 0.383 e. The van der Waals surface area contributed by atoms with Crippen molar-refractivity contribution in [1.82, 2.24) is 10.2 Å². The molecular weight excluding hydrogens is 218 g/mol. The van der Waals surface area contributed by atoms with E-state index >= 15 is 0 Å². The normalized spacial score (nSPS) is 20.8. The number of methoxy groups -OCH3 is 1. The molecule has 1 fully saturated rings. The minimum Gasteiger partial charge on any atom is -0.383 e. The van der Waals surface area contributed by atoms with Crippen molar-refractivity contribution in [3.05, 3.63) is 0 Å². The molecule has 0 spiro atoms. The number of amides is 1. The molecule has 5 heteroatoms. The zero-order chi connectivity index (χ0) is 12.5. The van der Waals surface area contributed by atoms with Crippen LogP contribution < -0.4 is 5.32 Å². The standard InChI is InChI=1S/C12H21N3O2/c1-17-9-6-14-12(16)11-4-2-7-15(10-11)8-3-5-13/h11H,2-4,6-10H2,1H3,(H,14,16). The summed E-state index contributed by atoms with van der Waals surface area (Å²) in [5.41, 5.74) is 0. The molecule has 0 saturated carbocycles.